The van der Waals surface area contributed by atoms with Crippen LogP contribution in [0.25, 0.3) is 6.08 Å². The molecule has 0 saturated carbocycles. The minimum atomic E-state index is -1.08. The highest BCUT2D eigenvalue weighted by molar-refractivity contribution is 5.85. The molecule has 0 fully saturated rings. The van der Waals surface area contributed by atoms with E-state index >= 15 is 0 Å². The van der Waals surface area contributed by atoms with Crippen LogP contribution in [0.1, 0.15) is 11.1 Å². The van der Waals surface area contributed by atoms with E-state index in [0.717, 1.165) is 6.08 Å². The molecule has 0 unspecified atom stereocenters. The quantitative estimate of drug-likeness (QED) is 0.847. The first-order valence-electron chi connectivity index (χ1n) is 6.02. The summed E-state index contributed by atoms with van der Waals surface area (Å²) >= 11 is 0. The maximum absolute atomic E-state index is 13.2. The maximum Gasteiger partial charge on any atom is 0.328 e. The van der Waals surface area contributed by atoms with E-state index in [2.05, 4.69) is 0 Å². The summed E-state index contributed by atoms with van der Waals surface area (Å²) < 4.78 is 18.8. The molecule has 2 aromatic rings. The second-order valence-corrected chi connectivity index (χ2v) is 4.12. The molecule has 102 valence electrons. The molecule has 3 nitrogen and oxygen atoms in total. The predicted octanol–water partition coefficient (Wildman–Crippen LogP) is 3.50. The average molecular weight is 272 g/mol. The number of hydrogen-bond donors (Lipinski definition) is 1. The van der Waals surface area contributed by atoms with Crippen LogP contribution in [0.3, 0.4) is 0 Å². The Morgan fingerprint density at radius 3 is 2.65 bits per heavy atom. The first-order chi connectivity index (χ1) is 9.65. The van der Waals surface area contributed by atoms with Crippen molar-refractivity contribution < 1.29 is 19.0 Å². The highest BCUT2D eigenvalue weighted by Gasteiger charge is 2.03. The number of ether oxygens (including phenoxy) is 1. The zero-order chi connectivity index (χ0) is 14.4. The summed E-state index contributed by atoms with van der Waals surface area (Å²) in [6, 6.07) is 13.4. The van der Waals surface area contributed by atoms with Gasteiger partial charge in [0.15, 0.2) is 0 Å². The predicted molar refractivity (Wildman–Crippen MR) is 73.8 cm³/mol. The van der Waals surface area contributed by atoms with Crippen LogP contribution in [0.2, 0.25) is 0 Å². The van der Waals surface area contributed by atoms with Crippen LogP contribution in [0.5, 0.6) is 5.75 Å². The van der Waals surface area contributed by atoms with Gasteiger partial charge in [0, 0.05) is 6.08 Å². The SMILES string of the molecule is O=C(O)C=Cc1cc(F)ccc1COc1ccccc1. The lowest BCUT2D eigenvalue weighted by Gasteiger charge is -2.09. The molecule has 2 aromatic carbocycles. The number of rotatable bonds is 5. The van der Waals surface area contributed by atoms with E-state index in [9.17, 15) is 9.18 Å². The lowest BCUT2D eigenvalue weighted by Crippen LogP contribution is -1.99. The first kappa shape index (κ1) is 13.8. The van der Waals surface area contributed by atoms with E-state index < -0.39 is 11.8 Å². The van der Waals surface area contributed by atoms with Crippen molar-refractivity contribution in [3.63, 3.8) is 0 Å². The minimum Gasteiger partial charge on any atom is -0.489 e. The fraction of sp³-hybridized carbons (Fsp3) is 0.0625. The highest BCUT2D eigenvalue weighted by Crippen LogP contribution is 2.17. The molecule has 0 amide bonds. The van der Waals surface area contributed by atoms with Crippen LogP contribution in [-0.2, 0) is 11.4 Å². The molecule has 0 saturated heterocycles. The van der Waals surface area contributed by atoms with Gasteiger partial charge in [-0.15, -0.1) is 0 Å². The molecular weight excluding hydrogens is 259 g/mol. The summed E-state index contributed by atoms with van der Waals surface area (Å²) in [5, 5.41) is 8.63. The second-order valence-electron chi connectivity index (χ2n) is 4.12. The molecule has 0 atom stereocenters. The fourth-order valence-corrected chi connectivity index (χ4v) is 1.69. The Morgan fingerprint density at radius 1 is 1.20 bits per heavy atom. The zero-order valence-corrected chi connectivity index (χ0v) is 10.6. The number of halogens is 1. The van der Waals surface area contributed by atoms with Gasteiger partial charge in [-0.3, -0.25) is 0 Å². The second kappa shape index (κ2) is 6.52. The van der Waals surface area contributed by atoms with Crippen LogP contribution < -0.4 is 4.74 Å². The molecule has 4 heteroatoms. The van der Waals surface area contributed by atoms with Crippen LogP contribution >= 0.6 is 0 Å². The summed E-state index contributed by atoms with van der Waals surface area (Å²) in [6.07, 6.45) is 2.33. The molecule has 0 aromatic heterocycles. The van der Waals surface area contributed by atoms with Gasteiger partial charge in [-0.1, -0.05) is 24.3 Å². The van der Waals surface area contributed by atoms with Gasteiger partial charge in [0.2, 0.25) is 0 Å². The minimum absolute atomic E-state index is 0.240. The molecule has 0 aliphatic heterocycles. The molecule has 0 spiro atoms. The molecule has 0 radical (unpaired) electrons. The van der Waals surface area contributed by atoms with Gasteiger partial charge in [0.25, 0.3) is 0 Å². The summed E-state index contributed by atoms with van der Waals surface area (Å²) in [6.45, 7) is 0.240. The molecule has 20 heavy (non-hydrogen) atoms. The Hall–Kier alpha value is -2.62. The highest BCUT2D eigenvalue weighted by atomic mass is 19.1. The summed E-state index contributed by atoms with van der Waals surface area (Å²) in [5.41, 5.74) is 1.20. The van der Waals surface area contributed by atoms with Crippen molar-refractivity contribution in [3.05, 3.63) is 71.6 Å². The van der Waals surface area contributed by atoms with Gasteiger partial charge in [-0.05, 0) is 41.5 Å². The molecule has 0 aliphatic rings. The summed E-state index contributed by atoms with van der Waals surface area (Å²) in [5.74, 6) is -0.798. The Morgan fingerprint density at radius 2 is 1.95 bits per heavy atom. The number of carboxylic acids is 1. The van der Waals surface area contributed by atoms with Crippen LogP contribution in [0, 0.1) is 5.82 Å². The fourth-order valence-electron chi connectivity index (χ4n) is 1.69. The van der Waals surface area contributed by atoms with Crippen molar-refractivity contribution >= 4 is 12.0 Å². The molecule has 0 bridgehead atoms. The third kappa shape index (κ3) is 3.95. The standard InChI is InChI=1S/C16H13FO3/c17-14-8-6-13(12(10-14)7-9-16(18)19)11-20-15-4-2-1-3-5-15/h1-10H,11H2,(H,18,19). The van der Waals surface area contributed by atoms with Gasteiger partial charge in [-0.2, -0.15) is 0 Å². The number of hydrogen-bond acceptors (Lipinski definition) is 2. The molecule has 0 heterocycles. The normalized spacial score (nSPS) is 10.7. The molecule has 0 aliphatic carbocycles. The third-order valence-corrected chi connectivity index (χ3v) is 2.65. The van der Waals surface area contributed by atoms with Crippen LogP contribution in [0.15, 0.2) is 54.6 Å². The maximum atomic E-state index is 13.2. The van der Waals surface area contributed by atoms with Crippen molar-refractivity contribution in [1.29, 1.82) is 0 Å². The molecule has 2 rings (SSSR count). The first-order valence-corrected chi connectivity index (χ1v) is 6.02. The van der Waals surface area contributed by atoms with Crippen molar-refractivity contribution in [3.8, 4) is 5.75 Å². The van der Waals surface area contributed by atoms with Gasteiger partial charge < -0.3 is 9.84 Å². The van der Waals surface area contributed by atoms with Gasteiger partial charge in [0.1, 0.15) is 18.2 Å². The lowest BCUT2D eigenvalue weighted by atomic mass is 10.1. The van der Waals surface area contributed by atoms with E-state index in [1.54, 1.807) is 6.07 Å². The van der Waals surface area contributed by atoms with E-state index in [1.807, 2.05) is 30.3 Å². The van der Waals surface area contributed by atoms with Crippen molar-refractivity contribution in [2.75, 3.05) is 0 Å². The number of carboxylic acid groups (broad SMARTS) is 1. The topological polar surface area (TPSA) is 46.5 Å². The van der Waals surface area contributed by atoms with E-state index in [4.69, 9.17) is 9.84 Å². The number of benzene rings is 2. The van der Waals surface area contributed by atoms with Crippen molar-refractivity contribution in [2.45, 2.75) is 6.61 Å². The largest absolute Gasteiger partial charge is 0.489 e. The Balaban J connectivity index is 2.16. The third-order valence-electron chi connectivity index (χ3n) is 2.65. The van der Waals surface area contributed by atoms with E-state index in [1.165, 1.54) is 18.2 Å². The van der Waals surface area contributed by atoms with Gasteiger partial charge in [-0.25, -0.2) is 9.18 Å². The van der Waals surface area contributed by atoms with Crippen molar-refractivity contribution in [2.24, 2.45) is 0 Å². The molecular formula is C16H13FO3. The Bertz CT molecular complexity index is 621. The average Bonchev–Trinajstić information content (AvgIpc) is 2.45. The smallest absolute Gasteiger partial charge is 0.328 e. The summed E-state index contributed by atoms with van der Waals surface area (Å²) in [4.78, 5) is 10.5. The Labute approximate surface area is 115 Å². The summed E-state index contributed by atoms with van der Waals surface area (Å²) in [7, 11) is 0. The van der Waals surface area contributed by atoms with E-state index in [0.29, 0.717) is 16.9 Å². The number of aliphatic carboxylic acids is 1. The lowest BCUT2D eigenvalue weighted by molar-refractivity contribution is -0.131. The van der Waals surface area contributed by atoms with Crippen LogP contribution in [0.4, 0.5) is 4.39 Å². The number of carbonyl (C=O) groups is 1. The monoisotopic (exact) mass is 272 g/mol. The van der Waals surface area contributed by atoms with Crippen molar-refractivity contribution in [1.82, 2.24) is 0 Å². The van der Waals surface area contributed by atoms with E-state index in [-0.39, 0.29) is 6.61 Å². The molecule has 1 N–H and O–H groups in total. The van der Waals surface area contributed by atoms with Gasteiger partial charge in [0.05, 0.1) is 0 Å². The number of para-hydroxylation sites is 1. The zero-order valence-electron chi connectivity index (χ0n) is 10.6. The Kier molecular flexibility index (Phi) is 4.50. The van der Waals surface area contributed by atoms with Gasteiger partial charge >= 0.3 is 5.97 Å². The van der Waals surface area contributed by atoms with Crippen LogP contribution in [-0.4, -0.2) is 11.1 Å².